The van der Waals surface area contributed by atoms with Crippen LogP contribution in [-0.2, 0) is 12.0 Å². The molecule has 0 bridgehead atoms. The summed E-state index contributed by atoms with van der Waals surface area (Å²) in [6.07, 6.45) is 2.71. The lowest BCUT2D eigenvalue weighted by atomic mass is 9.81. The number of ketones is 1. The molecule has 154 valence electrons. The van der Waals surface area contributed by atoms with Gasteiger partial charge in [0.2, 0.25) is 0 Å². The van der Waals surface area contributed by atoms with E-state index in [9.17, 15) is 20.0 Å². The van der Waals surface area contributed by atoms with Gasteiger partial charge in [-0.25, -0.2) is 0 Å². The monoisotopic (exact) mass is 416 g/mol. The number of hydrogen-bond acceptors (Lipinski definition) is 5. The molecule has 1 aliphatic carbocycles. The number of halogens is 1. The average Bonchev–Trinajstić information content (AvgIpc) is 2.72. The molecule has 0 aromatic heterocycles. The van der Waals surface area contributed by atoms with Crippen molar-refractivity contribution in [3.05, 3.63) is 75.3 Å². The number of aliphatic hydroxyl groups is 1. The Morgan fingerprint density at radius 2 is 1.83 bits per heavy atom. The van der Waals surface area contributed by atoms with E-state index in [2.05, 4.69) is 4.90 Å². The average molecular weight is 417 g/mol. The predicted molar refractivity (Wildman–Crippen MR) is 112 cm³/mol. The van der Waals surface area contributed by atoms with Crippen molar-refractivity contribution in [2.24, 2.45) is 5.92 Å². The van der Waals surface area contributed by atoms with Gasteiger partial charge in [-0.15, -0.1) is 12.4 Å². The fraction of sp³-hybridized carbons (Fsp3) is 0.409. The Hall–Kier alpha value is -2.28. The molecule has 1 saturated heterocycles. The molecule has 29 heavy (non-hydrogen) atoms. The maximum atomic E-state index is 12.9. The standard InChI is InChI=1S/C22H24N2O4.ClH/c25-21-17(7-6-16-14-19(24(27)28)8-9-20(16)21)15-23-12-10-22(26,11-13-23)18-4-2-1-3-5-18;/h1-5,8-9,14,17,26H,6-7,10-13,15H2;1H. The molecule has 0 radical (unpaired) electrons. The van der Waals surface area contributed by atoms with Gasteiger partial charge in [0, 0.05) is 43.2 Å². The maximum Gasteiger partial charge on any atom is 0.269 e. The highest BCUT2D eigenvalue weighted by Crippen LogP contribution is 2.34. The van der Waals surface area contributed by atoms with Gasteiger partial charge in [0.1, 0.15) is 0 Å². The number of non-ortho nitro benzene ring substituents is 1. The number of piperidine rings is 1. The van der Waals surface area contributed by atoms with Gasteiger partial charge in [-0.3, -0.25) is 14.9 Å². The number of Topliss-reactive ketones (excluding diaryl/α,β-unsaturated/α-hetero) is 1. The molecule has 1 atom stereocenters. The molecule has 1 heterocycles. The molecule has 0 saturated carbocycles. The van der Waals surface area contributed by atoms with Gasteiger partial charge in [0.05, 0.1) is 10.5 Å². The number of nitrogens with zero attached hydrogens (tertiary/aromatic N) is 2. The van der Waals surface area contributed by atoms with E-state index in [-0.39, 0.29) is 29.8 Å². The lowest BCUT2D eigenvalue weighted by Crippen LogP contribution is -2.45. The van der Waals surface area contributed by atoms with Gasteiger partial charge in [-0.05, 0) is 42.9 Å². The van der Waals surface area contributed by atoms with Crippen LogP contribution in [0.3, 0.4) is 0 Å². The van der Waals surface area contributed by atoms with Crippen LogP contribution < -0.4 is 0 Å². The van der Waals surface area contributed by atoms with Crippen molar-refractivity contribution in [1.82, 2.24) is 4.90 Å². The van der Waals surface area contributed by atoms with Crippen LogP contribution in [0.1, 0.15) is 40.7 Å². The molecule has 2 aliphatic rings. The van der Waals surface area contributed by atoms with Crippen LogP contribution in [-0.4, -0.2) is 40.3 Å². The van der Waals surface area contributed by atoms with E-state index < -0.39 is 10.5 Å². The first kappa shape index (κ1) is 21.4. The van der Waals surface area contributed by atoms with E-state index in [0.717, 1.165) is 24.2 Å². The summed E-state index contributed by atoms with van der Waals surface area (Å²) in [7, 11) is 0. The Balaban J connectivity index is 0.00000240. The SMILES string of the molecule is Cl.O=C1c2ccc([N+](=O)[O-])cc2CCC1CN1CCC(O)(c2ccccc2)CC1. The molecule has 6 nitrogen and oxygen atoms in total. The Bertz CT molecular complexity index is 895. The smallest absolute Gasteiger partial charge is 0.269 e. The van der Waals surface area contributed by atoms with E-state index in [4.69, 9.17) is 0 Å². The van der Waals surface area contributed by atoms with Crippen molar-refractivity contribution in [2.45, 2.75) is 31.3 Å². The largest absolute Gasteiger partial charge is 0.385 e. The molecule has 1 unspecified atom stereocenters. The van der Waals surface area contributed by atoms with Crippen molar-refractivity contribution in [1.29, 1.82) is 0 Å². The van der Waals surface area contributed by atoms with Gasteiger partial charge >= 0.3 is 0 Å². The van der Waals surface area contributed by atoms with Crippen molar-refractivity contribution >= 4 is 23.9 Å². The Morgan fingerprint density at radius 3 is 2.48 bits per heavy atom. The van der Waals surface area contributed by atoms with Crippen LogP contribution in [0.2, 0.25) is 0 Å². The highest BCUT2D eigenvalue weighted by Gasteiger charge is 2.36. The maximum absolute atomic E-state index is 12.9. The van der Waals surface area contributed by atoms with Crippen LogP contribution in [0.15, 0.2) is 48.5 Å². The molecular weight excluding hydrogens is 392 g/mol. The molecule has 0 amide bonds. The summed E-state index contributed by atoms with van der Waals surface area (Å²) in [5.41, 5.74) is 1.62. The Kier molecular flexibility index (Phi) is 6.36. The highest BCUT2D eigenvalue weighted by molar-refractivity contribution is 6.00. The third kappa shape index (κ3) is 4.34. The minimum Gasteiger partial charge on any atom is -0.385 e. The van der Waals surface area contributed by atoms with Gasteiger partial charge in [-0.2, -0.15) is 0 Å². The van der Waals surface area contributed by atoms with Gasteiger partial charge in [0.15, 0.2) is 5.78 Å². The summed E-state index contributed by atoms with van der Waals surface area (Å²) in [5.74, 6) is -0.00285. The molecule has 2 aromatic rings. The Labute approximate surface area is 176 Å². The second-order valence-electron chi connectivity index (χ2n) is 7.90. The van der Waals surface area contributed by atoms with Crippen LogP contribution in [0.25, 0.3) is 0 Å². The van der Waals surface area contributed by atoms with Gasteiger partial charge in [-0.1, -0.05) is 30.3 Å². The van der Waals surface area contributed by atoms with E-state index in [1.165, 1.54) is 12.1 Å². The minimum atomic E-state index is -0.792. The molecule has 1 N–H and O–H groups in total. The molecule has 2 aromatic carbocycles. The number of carbonyl (C=O) groups excluding carboxylic acids is 1. The fourth-order valence-electron chi connectivity index (χ4n) is 4.45. The number of likely N-dealkylation sites (tertiary alicyclic amines) is 1. The minimum absolute atomic E-state index is 0. The van der Waals surface area contributed by atoms with E-state index in [1.54, 1.807) is 6.07 Å². The summed E-state index contributed by atoms with van der Waals surface area (Å²) >= 11 is 0. The molecule has 4 rings (SSSR count). The number of benzene rings is 2. The zero-order valence-electron chi connectivity index (χ0n) is 16.1. The summed E-state index contributed by atoms with van der Waals surface area (Å²) < 4.78 is 0. The van der Waals surface area contributed by atoms with Gasteiger partial charge < -0.3 is 10.0 Å². The first-order valence-electron chi connectivity index (χ1n) is 9.78. The van der Waals surface area contributed by atoms with Crippen molar-refractivity contribution in [2.75, 3.05) is 19.6 Å². The quantitative estimate of drug-likeness (QED) is 0.606. The number of hydrogen-bond donors (Lipinski definition) is 1. The van der Waals surface area contributed by atoms with Crippen LogP contribution in [0.5, 0.6) is 0 Å². The fourth-order valence-corrected chi connectivity index (χ4v) is 4.45. The molecule has 0 spiro atoms. The van der Waals surface area contributed by atoms with Crippen LogP contribution >= 0.6 is 12.4 Å². The number of aryl methyl sites for hydroxylation is 1. The number of carbonyl (C=O) groups is 1. The normalized spacial score (nSPS) is 21.1. The number of nitro groups is 1. The summed E-state index contributed by atoms with van der Waals surface area (Å²) in [4.78, 5) is 25.7. The van der Waals surface area contributed by atoms with Crippen molar-refractivity contribution in [3.8, 4) is 0 Å². The highest BCUT2D eigenvalue weighted by atomic mass is 35.5. The third-order valence-electron chi connectivity index (χ3n) is 6.17. The van der Waals surface area contributed by atoms with E-state index in [1.807, 2.05) is 30.3 Å². The molecule has 1 fully saturated rings. The second-order valence-corrected chi connectivity index (χ2v) is 7.90. The summed E-state index contributed by atoms with van der Waals surface area (Å²) in [6, 6.07) is 14.3. The summed E-state index contributed by atoms with van der Waals surface area (Å²) in [6.45, 7) is 2.19. The molecule has 7 heteroatoms. The van der Waals surface area contributed by atoms with Crippen molar-refractivity contribution < 1.29 is 14.8 Å². The zero-order chi connectivity index (χ0) is 19.7. The second kappa shape index (κ2) is 8.61. The topological polar surface area (TPSA) is 83.7 Å². The van der Waals surface area contributed by atoms with Gasteiger partial charge in [0.25, 0.3) is 5.69 Å². The zero-order valence-corrected chi connectivity index (χ0v) is 16.9. The molecular formula is C22H25ClN2O4. The van der Waals surface area contributed by atoms with Crippen LogP contribution in [0, 0.1) is 16.0 Å². The first-order valence-corrected chi connectivity index (χ1v) is 9.78. The molecule has 1 aliphatic heterocycles. The van der Waals surface area contributed by atoms with E-state index >= 15 is 0 Å². The number of rotatable bonds is 4. The predicted octanol–water partition coefficient (Wildman–Crippen LogP) is 3.75. The number of nitro benzene ring substituents is 1. The third-order valence-corrected chi connectivity index (χ3v) is 6.17. The lowest BCUT2D eigenvalue weighted by molar-refractivity contribution is -0.384. The number of fused-ring (bicyclic) bond motifs is 1. The van der Waals surface area contributed by atoms with Crippen molar-refractivity contribution in [3.63, 3.8) is 0 Å². The Morgan fingerprint density at radius 1 is 1.14 bits per heavy atom. The summed E-state index contributed by atoms with van der Waals surface area (Å²) in [5, 5.41) is 21.9. The first-order chi connectivity index (χ1) is 13.5. The van der Waals surface area contributed by atoms with E-state index in [0.29, 0.717) is 37.8 Å². The lowest BCUT2D eigenvalue weighted by Gasteiger charge is -2.40. The van der Waals surface area contributed by atoms with Crippen LogP contribution in [0.4, 0.5) is 5.69 Å².